The summed E-state index contributed by atoms with van der Waals surface area (Å²) in [5.74, 6) is -0.935. The van der Waals surface area contributed by atoms with Gasteiger partial charge in [-0.25, -0.2) is 0 Å². The first-order chi connectivity index (χ1) is 4.30. The van der Waals surface area contributed by atoms with E-state index < -0.39 is 5.97 Å². The zero-order valence-corrected chi connectivity index (χ0v) is 8.08. The van der Waals surface area contributed by atoms with Crippen LogP contribution in [0.1, 0.15) is 10.4 Å². The van der Waals surface area contributed by atoms with Crippen LogP contribution in [0.2, 0.25) is 0 Å². The smallest absolute Gasteiger partial charge is 0.521 e. The van der Waals surface area contributed by atoms with E-state index in [1.807, 2.05) is 0 Å². The monoisotopic (exact) mass is 210 g/mol. The molecule has 46 valence electrons. The molecule has 1 aromatic carbocycles. The van der Waals surface area contributed by atoms with E-state index in [-0.39, 0.29) is 38.3 Å². The summed E-state index contributed by atoms with van der Waals surface area (Å²) in [7, 11) is 0. The van der Waals surface area contributed by atoms with Crippen molar-refractivity contribution < 1.29 is 42.6 Å². The quantitative estimate of drug-likeness (QED) is 0.706. The van der Waals surface area contributed by atoms with E-state index in [1.165, 1.54) is 6.07 Å². The van der Waals surface area contributed by atoms with Crippen LogP contribution in [0.5, 0.6) is 0 Å². The molecular formula is C7H5O2Y+2. The Balaban J connectivity index is 0.000000810. The average molecular weight is 210 g/mol. The van der Waals surface area contributed by atoms with Crippen LogP contribution in [0, 0.1) is 6.07 Å². The Kier molecular flexibility index (Phi) is 4.49. The van der Waals surface area contributed by atoms with Gasteiger partial charge in [-0.15, -0.1) is 30.3 Å². The first-order valence-electron chi connectivity index (χ1n) is 2.51. The number of rotatable bonds is 1. The molecule has 0 aromatic heterocycles. The topological polar surface area (TPSA) is 37.3 Å². The molecule has 0 saturated carbocycles. The summed E-state index contributed by atoms with van der Waals surface area (Å²) in [5.41, 5.74) is 0.206. The number of carboxylic acids is 1. The molecule has 1 rings (SSSR count). The van der Waals surface area contributed by atoms with E-state index in [1.54, 1.807) is 18.2 Å². The van der Waals surface area contributed by atoms with Crippen LogP contribution in [-0.4, -0.2) is 11.1 Å². The second-order valence-corrected chi connectivity index (χ2v) is 1.58. The number of hydrogen-bond acceptors (Lipinski definition) is 1. The maximum atomic E-state index is 10.2. The molecule has 1 aromatic rings. The van der Waals surface area contributed by atoms with E-state index in [0.717, 1.165) is 0 Å². The van der Waals surface area contributed by atoms with Gasteiger partial charge in [0.1, 0.15) is 0 Å². The van der Waals surface area contributed by atoms with E-state index in [0.29, 0.717) is 0 Å². The van der Waals surface area contributed by atoms with Crippen LogP contribution < -0.4 is 0 Å². The Bertz CT molecular complexity index is 208. The van der Waals surface area contributed by atoms with Crippen molar-refractivity contribution in [2.24, 2.45) is 0 Å². The number of hydrogen-bond donors (Lipinski definition) is 1. The van der Waals surface area contributed by atoms with Crippen LogP contribution in [0.3, 0.4) is 0 Å². The summed E-state index contributed by atoms with van der Waals surface area (Å²) in [6.45, 7) is 0. The molecule has 0 bridgehead atoms. The van der Waals surface area contributed by atoms with E-state index in [9.17, 15) is 4.79 Å². The van der Waals surface area contributed by atoms with Crippen LogP contribution in [0.4, 0.5) is 0 Å². The minimum atomic E-state index is -0.935. The van der Waals surface area contributed by atoms with Crippen molar-refractivity contribution >= 4 is 5.97 Å². The Morgan fingerprint density at radius 1 is 1.50 bits per heavy atom. The van der Waals surface area contributed by atoms with Gasteiger partial charge in [0, 0.05) is 0 Å². The summed E-state index contributed by atoms with van der Waals surface area (Å²) in [5, 5.41) is 8.35. The third-order valence-corrected chi connectivity index (χ3v) is 0.939. The maximum Gasteiger partial charge on any atom is 3.00 e. The van der Waals surface area contributed by atoms with Crippen LogP contribution in [0.15, 0.2) is 24.3 Å². The molecule has 0 heterocycles. The fraction of sp³-hybridized carbons (Fsp3) is 0. The van der Waals surface area contributed by atoms with Gasteiger partial charge >= 0.3 is 32.7 Å². The Morgan fingerprint density at radius 2 is 2.20 bits per heavy atom. The molecule has 0 aliphatic rings. The summed E-state index contributed by atoms with van der Waals surface area (Å²) < 4.78 is 0. The summed E-state index contributed by atoms with van der Waals surface area (Å²) in [6.07, 6.45) is 0. The van der Waals surface area contributed by atoms with Crippen molar-refractivity contribution in [1.82, 2.24) is 0 Å². The number of carbonyl (C=O) groups is 1. The summed E-state index contributed by atoms with van der Waals surface area (Å²) in [6, 6.07) is 9.04. The Labute approximate surface area is 84.1 Å². The van der Waals surface area contributed by atoms with Crippen molar-refractivity contribution in [3.63, 3.8) is 0 Å². The van der Waals surface area contributed by atoms with Crippen molar-refractivity contribution in [3.05, 3.63) is 35.9 Å². The summed E-state index contributed by atoms with van der Waals surface area (Å²) in [4.78, 5) is 10.2. The largest absolute Gasteiger partial charge is 3.00 e. The third kappa shape index (κ3) is 2.59. The van der Waals surface area contributed by atoms with E-state index >= 15 is 0 Å². The zero-order valence-electron chi connectivity index (χ0n) is 5.24. The van der Waals surface area contributed by atoms with Gasteiger partial charge in [0.05, 0.1) is 0 Å². The van der Waals surface area contributed by atoms with Gasteiger partial charge in [-0.2, -0.15) is 0 Å². The maximum absolute atomic E-state index is 10.2. The normalized spacial score (nSPS) is 8.00. The van der Waals surface area contributed by atoms with Crippen molar-refractivity contribution in [3.8, 4) is 0 Å². The Hall–Kier alpha value is -0.206. The zero-order chi connectivity index (χ0) is 6.69. The number of carboxylic acid groups (broad SMARTS) is 1. The standard InChI is InChI=1S/C7H5O2.Y/c8-7(9)6-4-2-1-3-5-6;/h1-4H,(H,8,9);/q-1;+3. The molecule has 0 aliphatic carbocycles. The average Bonchev–Trinajstić information content (AvgIpc) is 1.90. The number of aromatic carboxylic acids is 1. The first kappa shape index (κ1) is 9.79. The predicted octanol–water partition coefficient (Wildman–Crippen LogP) is 1.18. The molecule has 0 aliphatic heterocycles. The molecule has 0 radical (unpaired) electrons. The second-order valence-electron chi connectivity index (χ2n) is 1.58. The molecule has 0 amide bonds. The molecule has 1 N–H and O–H groups in total. The SMILES string of the molecule is O=C(O)c1[c-]cccc1.[Y+3]. The fourth-order valence-electron chi connectivity index (χ4n) is 0.526. The van der Waals surface area contributed by atoms with Gasteiger partial charge in [-0.3, -0.25) is 0 Å². The van der Waals surface area contributed by atoms with Crippen LogP contribution in [-0.2, 0) is 32.7 Å². The van der Waals surface area contributed by atoms with Gasteiger partial charge in [0.25, 0.3) is 0 Å². The van der Waals surface area contributed by atoms with Gasteiger partial charge in [-0.05, 0) is 0 Å². The van der Waals surface area contributed by atoms with Crippen molar-refractivity contribution in [2.75, 3.05) is 0 Å². The fourth-order valence-corrected chi connectivity index (χ4v) is 0.526. The van der Waals surface area contributed by atoms with E-state index in [4.69, 9.17) is 5.11 Å². The minimum absolute atomic E-state index is 0. The van der Waals surface area contributed by atoms with Gasteiger partial charge in [-0.1, -0.05) is 5.56 Å². The molecule has 2 nitrogen and oxygen atoms in total. The molecule has 0 unspecified atom stereocenters. The molecule has 3 heteroatoms. The van der Waals surface area contributed by atoms with Crippen LogP contribution >= 0.6 is 0 Å². The summed E-state index contributed by atoms with van der Waals surface area (Å²) >= 11 is 0. The minimum Gasteiger partial charge on any atom is -0.521 e. The third-order valence-electron chi connectivity index (χ3n) is 0.939. The van der Waals surface area contributed by atoms with Gasteiger partial charge < -0.3 is 9.90 Å². The van der Waals surface area contributed by atoms with Gasteiger partial charge in [0.2, 0.25) is 5.97 Å². The number of benzene rings is 1. The molecule has 0 saturated heterocycles. The molecule has 0 atom stereocenters. The van der Waals surface area contributed by atoms with E-state index in [2.05, 4.69) is 6.07 Å². The Morgan fingerprint density at radius 3 is 2.50 bits per heavy atom. The molecule has 0 spiro atoms. The first-order valence-corrected chi connectivity index (χ1v) is 2.51. The molecular weight excluding hydrogens is 205 g/mol. The van der Waals surface area contributed by atoms with Crippen LogP contribution in [0.25, 0.3) is 0 Å². The second kappa shape index (κ2) is 4.58. The van der Waals surface area contributed by atoms with Gasteiger partial charge in [0.15, 0.2) is 0 Å². The molecule has 0 fully saturated rings. The predicted molar refractivity (Wildman–Crippen MR) is 32.2 cm³/mol. The van der Waals surface area contributed by atoms with Crippen molar-refractivity contribution in [1.29, 1.82) is 0 Å². The van der Waals surface area contributed by atoms with Crippen molar-refractivity contribution in [2.45, 2.75) is 0 Å². The molecule has 10 heavy (non-hydrogen) atoms.